The minimum atomic E-state index is -0.610. The summed E-state index contributed by atoms with van der Waals surface area (Å²) in [6, 6.07) is 15.5. The first-order chi connectivity index (χ1) is 31.1. The second-order valence-electron chi connectivity index (χ2n) is 16.7. The van der Waals surface area contributed by atoms with Gasteiger partial charge in [0.1, 0.15) is 40.1 Å². The molecule has 0 amide bonds. The lowest BCUT2D eigenvalue weighted by Gasteiger charge is -2.31. The number of alkyl halides is 3. The summed E-state index contributed by atoms with van der Waals surface area (Å²) in [7, 11) is 0. The van der Waals surface area contributed by atoms with Crippen molar-refractivity contribution in [3.8, 4) is 0 Å². The van der Waals surface area contributed by atoms with E-state index in [2.05, 4.69) is 32.4 Å². The highest BCUT2D eigenvalue weighted by Crippen LogP contribution is 2.57. The van der Waals surface area contributed by atoms with E-state index in [0.29, 0.717) is 110 Å². The molecule has 6 atom stereocenters. The van der Waals surface area contributed by atoms with E-state index >= 15 is 0 Å². The van der Waals surface area contributed by atoms with Crippen molar-refractivity contribution in [3.63, 3.8) is 0 Å². The minimum Gasteiger partial charge on any atom is -0.327 e. The lowest BCUT2D eigenvalue weighted by molar-refractivity contribution is 0.538. The predicted octanol–water partition coefficient (Wildman–Crippen LogP) is 14.8. The molecule has 8 bridgehead atoms. The number of hydrogen-bond donors (Lipinski definition) is 4. The largest absolute Gasteiger partial charge is 0.327 e. The molecule has 0 radical (unpaired) electrons. The first kappa shape index (κ1) is 39.8. The third-order valence-corrected chi connectivity index (χ3v) is 16.9. The van der Waals surface area contributed by atoms with Crippen molar-refractivity contribution in [2.75, 3.05) is 5.32 Å². The highest BCUT2D eigenvalue weighted by molar-refractivity contribution is 6.54. The van der Waals surface area contributed by atoms with Crippen molar-refractivity contribution in [2.45, 2.75) is 29.0 Å². The Kier molecular flexibility index (Phi) is 9.03. The summed E-state index contributed by atoms with van der Waals surface area (Å²) in [6.45, 7) is 0. The Balaban J connectivity index is 1.19. The number of benzene rings is 3. The maximum atomic E-state index is 7.57. The van der Waals surface area contributed by atoms with Gasteiger partial charge in [-0.1, -0.05) is 143 Å². The molecule has 0 saturated carbocycles. The molecule has 0 saturated heterocycles. The molecule has 0 fully saturated rings. The maximum absolute atomic E-state index is 7.57. The fraction of sp³-hybridized carbons (Fsp3) is 0.167. The summed E-state index contributed by atoms with van der Waals surface area (Å²) in [4.78, 5) is 31.8. The lowest BCUT2D eigenvalue weighted by Crippen LogP contribution is -2.25. The van der Waals surface area contributed by atoms with Gasteiger partial charge in [-0.05, 0) is 35.1 Å². The zero-order valence-corrected chi connectivity index (χ0v) is 38.8. The molecule has 6 aromatic rings. The van der Waals surface area contributed by atoms with E-state index in [1.165, 1.54) is 0 Å². The van der Waals surface area contributed by atoms with Crippen LogP contribution in [0.25, 0.3) is 36.6 Å². The molecule has 16 heteroatoms. The number of H-pyrrole nitrogens is 3. The number of aliphatic imine (C=N–C) groups is 2. The summed E-state index contributed by atoms with van der Waals surface area (Å²) in [5.41, 5.74) is 7.56. The van der Waals surface area contributed by atoms with Gasteiger partial charge in [0.25, 0.3) is 0 Å². The molecule has 8 nitrogen and oxygen atoms in total. The van der Waals surface area contributed by atoms with Gasteiger partial charge in [0, 0.05) is 61.2 Å². The van der Waals surface area contributed by atoms with Gasteiger partial charge in [0.15, 0.2) is 5.84 Å². The highest BCUT2D eigenvalue weighted by Gasteiger charge is 2.46. The number of allylic oxidation sites excluding steroid dienone is 8. The average Bonchev–Trinajstić information content (AvgIpc) is 4.07. The van der Waals surface area contributed by atoms with E-state index in [0.717, 1.165) is 45.9 Å². The van der Waals surface area contributed by atoms with Crippen molar-refractivity contribution in [2.24, 2.45) is 37.7 Å². The second-order valence-corrected chi connectivity index (χ2v) is 20.0. The van der Waals surface area contributed by atoms with Crippen molar-refractivity contribution in [1.82, 2.24) is 15.0 Å². The molecule has 3 aromatic carbocycles. The standard InChI is InChI=1S/C48H28Cl8N8/c49-33-17-9-1-2-10-18(17)34(50)26-25(33)41-57-42(26)62-44-29-30(38(54)22-14-6-5-13-21(22)37(29)53)46(59-44)64-48-32-31(39(55)23-15-7-8-16-24(23)40(32)56)47(60-48)63-45-28-27(43(58-45)61-41)35(51)19-11-3-4-12-20(19)36(28)52/h1-7,9-15,17,24,28,33,36,40,57,59,62H,8,16H2,(H,58,60,61,63,64). The molecule has 316 valence electrons. The number of anilines is 2. The third-order valence-electron chi connectivity index (χ3n) is 13.4. The maximum Gasteiger partial charge on any atom is 0.161 e. The molecule has 5 aliphatic carbocycles. The Morgan fingerprint density at radius 3 is 2.19 bits per heavy atom. The summed E-state index contributed by atoms with van der Waals surface area (Å²) in [5, 5.41) is 7.06. The van der Waals surface area contributed by atoms with Crippen LogP contribution in [0, 0.1) is 17.8 Å². The summed E-state index contributed by atoms with van der Waals surface area (Å²) in [6.07, 6.45) is 13.8. The number of nitrogens with zero attached hydrogens (tertiary/aromatic N) is 4. The lowest BCUT2D eigenvalue weighted by atomic mass is 9.79. The zero-order valence-electron chi connectivity index (χ0n) is 32.8. The van der Waals surface area contributed by atoms with Crippen molar-refractivity contribution < 1.29 is 0 Å². The van der Waals surface area contributed by atoms with Gasteiger partial charge in [-0.25, -0.2) is 20.0 Å². The Hall–Kier alpha value is -4.48. The molecule has 4 N–H and O–H groups in total. The van der Waals surface area contributed by atoms with E-state index < -0.39 is 22.0 Å². The Morgan fingerprint density at radius 2 is 1.36 bits per heavy atom. The van der Waals surface area contributed by atoms with Gasteiger partial charge >= 0.3 is 0 Å². The third kappa shape index (κ3) is 5.46. The fourth-order valence-corrected chi connectivity index (χ4v) is 13.7. The van der Waals surface area contributed by atoms with E-state index in [4.69, 9.17) is 113 Å². The van der Waals surface area contributed by atoms with Crippen LogP contribution in [0.15, 0.2) is 122 Å². The average molecular weight is 1000 g/mol. The molecule has 0 spiro atoms. The van der Waals surface area contributed by atoms with Crippen LogP contribution in [0.2, 0.25) is 10.0 Å². The highest BCUT2D eigenvalue weighted by atomic mass is 35.5. The number of fused-ring (bicyclic) bond motifs is 23. The molecule has 2 aliphatic heterocycles. The van der Waals surface area contributed by atoms with E-state index in [-0.39, 0.29) is 11.8 Å². The molecule has 13 rings (SSSR count). The Bertz CT molecular complexity index is 3580. The quantitative estimate of drug-likeness (QED) is 0.112. The smallest absolute Gasteiger partial charge is 0.161 e. The normalized spacial score (nSPS) is 24.9. The van der Waals surface area contributed by atoms with Gasteiger partial charge in [-0.15, -0.1) is 34.8 Å². The molecule has 7 aliphatic rings. The van der Waals surface area contributed by atoms with Crippen LogP contribution >= 0.6 is 92.8 Å². The monoisotopic (exact) mass is 996 g/mol. The number of hydrogen-bond acceptors (Lipinski definition) is 5. The zero-order chi connectivity index (χ0) is 43.4. The molecule has 5 heterocycles. The number of halogens is 8. The molecular formula is C48H28Cl8N8. The van der Waals surface area contributed by atoms with Crippen LogP contribution in [0.3, 0.4) is 0 Å². The number of aromatic nitrogens is 3. The van der Waals surface area contributed by atoms with Crippen molar-refractivity contribution in [1.29, 1.82) is 0 Å². The summed E-state index contributed by atoms with van der Waals surface area (Å²) < 4.78 is 0. The first-order valence-electron chi connectivity index (χ1n) is 20.6. The SMILES string of the molecule is ClC1=C2C3=Nc4[nH]c(c5c4C(Cl)C4C=CC=CC4=C5Cl)Nc4[nH]c(c5c(Cl)c6ccccc6c(Cl)c45)N=c4[nH]c(c5c4C(Cl)C4CCC=CC4=C5Cl)=NC(=N3)C2C(Cl)c2ccccc21. The van der Waals surface area contributed by atoms with Crippen LogP contribution in [-0.4, -0.2) is 26.6 Å². The molecular weight excluding hydrogens is 972 g/mol. The number of rotatable bonds is 0. The van der Waals surface area contributed by atoms with Crippen molar-refractivity contribution >= 4 is 164 Å². The molecule has 6 unspecified atom stereocenters. The van der Waals surface area contributed by atoms with Gasteiger partial charge < -0.3 is 20.3 Å². The van der Waals surface area contributed by atoms with Crippen LogP contribution in [0.4, 0.5) is 23.3 Å². The van der Waals surface area contributed by atoms with Gasteiger partial charge in [-0.3, -0.25) is 0 Å². The Labute approximate surface area is 404 Å². The van der Waals surface area contributed by atoms with Crippen LogP contribution in [-0.2, 0) is 0 Å². The molecule has 3 aromatic heterocycles. The molecule has 64 heavy (non-hydrogen) atoms. The van der Waals surface area contributed by atoms with E-state index in [1.807, 2.05) is 72.8 Å². The van der Waals surface area contributed by atoms with E-state index in [1.54, 1.807) is 0 Å². The Morgan fingerprint density at radius 1 is 0.609 bits per heavy atom. The van der Waals surface area contributed by atoms with Crippen LogP contribution in [0.5, 0.6) is 0 Å². The summed E-state index contributed by atoms with van der Waals surface area (Å²) in [5.74, 6) is 1.62. The predicted molar refractivity (Wildman–Crippen MR) is 265 cm³/mol. The van der Waals surface area contributed by atoms with E-state index in [9.17, 15) is 0 Å². The fourth-order valence-electron chi connectivity index (χ4n) is 10.5. The topological polar surface area (TPSA) is 109 Å². The van der Waals surface area contributed by atoms with Gasteiger partial charge in [0.2, 0.25) is 0 Å². The van der Waals surface area contributed by atoms with Gasteiger partial charge in [0.05, 0.1) is 47.2 Å². The minimum absolute atomic E-state index is 0.0670. The number of aromatic amines is 3. The summed E-state index contributed by atoms with van der Waals surface area (Å²) >= 11 is 59.8. The number of nitrogens with one attached hydrogen (secondary N) is 4. The van der Waals surface area contributed by atoms with Gasteiger partial charge in [-0.2, -0.15) is 0 Å². The van der Waals surface area contributed by atoms with Crippen molar-refractivity contribution in [3.05, 3.63) is 156 Å². The number of amidine groups is 2. The first-order valence-corrected chi connectivity index (χ1v) is 23.8. The van der Waals surface area contributed by atoms with Crippen LogP contribution in [0.1, 0.15) is 62.4 Å². The second kappa shape index (κ2) is 14.5. The van der Waals surface area contributed by atoms with Crippen LogP contribution < -0.4 is 16.3 Å².